The highest BCUT2D eigenvalue weighted by Gasteiger charge is 2.42. The molecule has 6 atom stereocenters. The summed E-state index contributed by atoms with van der Waals surface area (Å²) in [6.45, 7) is 9.08. The third kappa shape index (κ3) is 8.54. The van der Waals surface area contributed by atoms with Gasteiger partial charge in [-0.1, -0.05) is 70.2 Å². The van der Waals surface area contributed by atoms with E-state index in [0.29, 0.717) is 24.9 Å². The lowest BCUT2D eigenvalue weighted by atomic mass is 9.73. The molecule has 342 valence electrons. The molecule has 2 aliphatic carbocycles. The first-order chi connectivity index (χ1) is 31.4. The topological polar surface area (TPSA) is 163 Å². The number of likely N-dealkylation sites (tertiary alicyclic amines) is 2. The number of aromatic nitrogens is 4. The molecule has 13 heteroatoms. The van der Waals surface area contributed by atoms with Gasteiger partial charge in [-0.3, -0.25) is 14.4 Å². The first kappa shape index (κ1) is 44.2. The first-order valence-electron chi connectivity index (χ1n) is 23.8. The fourth-order valence-corrected chi connectivity index (χ4v) is 11.0. The van der Waals surface area contributed by atoms with Gasteiger partial charge >= 0.3 is 12.1 Å². The zero-order chi connectivity index (χ0) is 45.5. The molecule has 3 fully saturated rings. The molecule has 4 aliphatic rings. The normalized spacial score (nSPS) is 21.4. The standard InChI is InChI=1S/C52H63N7O6/c1-29(2)38(27-45(60)64-5)50(61)58-23-9-7-11-43(58)48-53-28-42(56-48)32-15-13-31(14-16-32)36-21-20-35(39-25-33-17-19-37(33)46(36)39)34-18-22-40-41(26-34)55-49(54-40)44-12-8-10-24-59(44)51(62)47(30(3)4)57-52(63)65-6/h13-16,18,20-22,26,28-30,33,37-38,43-44,47H,7-12,17,19,23-25,27H2,1-6H3,(H,53,56)(H,54,55)(H,57,63)/t33?,37?,38-,43-,44-,47-/m0/s1. The number of ether oxygens (including phenoxy) is 2. The van der Waals surface area contributed by atoms with Gasteiger partial charge in [0.05, 0.1) is 61.6 Å². The zero-order valence-electron chi connectivity index (χ0n) is 38.6. The molecule has 0 bridgehead atoms. The van der Waals surface area contributed by atoms with Crippen LogP contribution in [0.15, 0.2) is 60.8 Å². The van der Waals surface area contributed by atoms with Crippen molar-refractivity contribution >= 4 is 34.9 Å². The Morgan fingerprint density at radius 2 is 1.42 bits per heavy atom. The SMILES string of the molecule is COC(=O)C[C@H](C(=O)N1CCCC[C@H]1c1ncc(-c2ccc(-c3ccc(-c4ccc5nc([C@@H]6CCCCN6C(=O)[C@@H](NC(=O)OC)C(C)C)[nH]c5c4)c4c3C3CCC3C4)cc2)[nH]1)C(C)C. The fourth-order valence-electron chi connectivity index (χ4n) is 11.0. The van der Waals surface area contributed by atoms with Crippen molar-refractivity contribution in [1.82, 2.24) is 35.1 Å². The van der Waals surface area contributed by atoms with Crippen LogP contribution in [0.1, 0.15) is 126 Å². The third-order valence-corrected chi connectivity index (χ3v) is 14.9. The molecule has 2 aromatic heterocycles. The highest BCUT2D eigenvalue weighted by atomic mass is 16.5. The van der Waals surface area contributed by atoms with Crippen LogP contribution in [0.25, 0.3) is 44.5 Å². The quantitative estimate of drug-likeness (QED) is 0.104. The number of methoxy groups -OCH3 is 2. The molecule has 4 heterocycles. The summed E-state index contributed by atoms with van der Waals surface area (Å²) in [5.74, 6) is 1.75. The number of esters is 1. The molecule has 3 N–H and O–H groups in total. The Labute approximate surface area is 381 Å². The van der Waals surface area contributed by atoms with E-state index in [1.54, 1.807) is 0 Å². The molecule has 9 rings (SSSR count). The molecule has 2 unspecified atom stereocenters. The summed E-state index contributed by atoms with van der Waals surface area (Å²) >= 11 is 0. The molecule has 0 spiro atoms. The smallest absolute Gasteiger partial charge is 0.407 e. The molecular weight excluding hydrogens is 819 g/mol. The lowest BCUT2D eigenvalue weighted by Crippen LogP contribution is -2.53. The van der Waals surface area contributed by atoms with Gasteiger partial charge in [-0.05, 0) is 133 Å². The molecule has 65 heavy (non-hydrogen) atoms. The van der Waals surface area contributed by atoms with Crippen molar-refractivity contribution in [1.29, 1.82) is 0 Å². The number of aromatic amines is 2. The van der Waals surface area contributed by atoms with Crippen LogP contribution in [0.4, 0.5) is 4.79 Å². The van der Waals surface area contributed by atoms with E-state index in [0.717, 1.165) is 84.4 Å². The highest BCUT2D eigenvalue weighted by Crippen LogP contribution is 2.56. The molecule has 1 saturated carbocycles. The molecule has 3 aromatic carbocycles. The molecule has 5 aromatic rings. The maximum absolute atomic E-state index is 13.9. The van der Waals surface area contributed by atoms with Crippen molar-refractivity contribution < 1.29 is 28.7 Å². The highest BCUT2D eigenvalue weighted by molar-refractivity contribution is 5.88. The van der Waals surface area contributed by atoms with Gasteiger partial charge in [0.15, 0.2) is 0 Å². The van der Waals surface area contributed by atoms with E-state index in [1.165, 1.54) is 54.9 Å². The van der Waals surface area contributed by atoms with Crippen LogP contribution >= 0.6 is 0 Å². The summed E-state index contributed by atoms with van der Waals surface area (Å²) in [4.78, 5) is 73.1. The number of nitrogens with zero attached hydrogens (tertiary/aromatic N) is 4. The minimum Gasteiger partial charge on any atom is -0.469 e. The largest absolute Gasteiger partial charge is 0.469 e. The van der Waals surface area contributed by atoms with E-state index in [4.69, 9.17) is 19.4 Å². The number of alkyl carbamates (subject to hydrolysis) is 1. The summed E-state index contributed by atoms with van der Waals surface area (Å²) in [6, 6.07) is 18.8. The van der Waals surface area contributed by atoms with Crippen LogP contribution in [0.3, 0.4) is 0 Å². The first-order valence-corrected chi connectivity index (χ1v) is 23.8. The van der Waals surface area contributed by atoms with Gasteiger partial charge in [-0.15, -0.1) is 0 Å². The van der Waals surface area contributed by atoms with E-state index in [2.05, 4.69) is 69.9 Å². The monoisotopic (exact) mass is 881 g/mol. The number of nitrogens with one attached hydrogen (secondary N) is 3. The third-order valence-electron chi connectivity index (χ3n) is 14.9. The van der Waals surface area contributed by atoms with Gasteiger partial charge in [0.2, 0.25) is 11.8 Å². The predicted octanol–water partition coefficient (Wildman–Crippen LogP) is 9.66. The summed E-state index contributed by atoms with van der Waals surface area (Å²) in [6.07, 6.45) is 10.3. The molecule has 2 aliphatic heterocycles. The van der Waals surface area contributed by atoms with E-state index < -0.39 is 18.1 Å². The van der Waals surface area contributed by atoms with Crippen LogP contribution in [0.2, 0.25) is 0 Å². The van der Waals surface area contributed by atoms with Gasteiger partial charge in [0, 0.05) is 13.1 Å². The van der Waals surface area contributed by atoms with Crippen molar-refractivity contribution in [2.24, 2.45) is 23.7 Å². The van der Waals surface area contributed by atoms with E-state index in [1.807, 2.05) is 43.7 Å². The number of piperidine rings is 2. The van der Waals surface area contributed by atoms with E-state index in [9.17, 15) is 19.2 Å². The number of amides is 3. The fraction of sp³-hybridized carbons (Fsp3) is 0.500. The summed E-state index contributed by atoms with van der Waals surface area (Å²) < 4.78 is 9.77. The van der Waals surface area contributed by atoms with Crippen molar-refractivity contribution in [3.63, 3.8) is 0 Å². The van der Waals surface area contributed by atoms with Crippen molar-refractivity contribution in [3.8, 4) is 33.5 Å². The second-order valence-corrected chi connectivity index (χ2v) is 19.4. The molecular formula is C52H63N7O6. The number of benzene rings is 3. The Hall–Kier alpha value is -5.98. The van der Waals surface area contributed by atoms with Gasteiger partial charge in [0.1, 0.15) is 17.7 Å². The Bertz CT molecular complexity index is 2580. The van der Waals surface area contributed by atoms with Crippen molar-refractivity contribution in [2.75, 3.05) is 27.3 Å². The summed E-state index contributed by atoms with van der Waals surface area (Å²) in [5, 5.41) is 2.76. The number of carbonyl (C=O) groups excluding carboxylic acids is 4. The Morgan fingerprint density at radius 3 is 2.08 bits per heavy atom. The molecule has 13 nitrogen and oxygen atoms in total. The lowest BCUT2D eigenvalue weighted by molar-refractivity contribution is -0.150. The molecule has 0 radical (unpaired) electrons. The summed E-state index contributed by atoms with van der Waals surface area (Å²) in [7, 11) is 2.68. The van der Waals surface area contributed by atoms with Crippen LogP contribution in [0.5, 0.6) is 0 Å². The van der Waals surface area contributed by atoms with Gasteiger partial charge in [-0.2, -0.15) is 0 Å². The van der Waals surface area contributed by atoms with E-state index >= 15 is 0 Å². The number of hydrogen-bond donors (Lipinski definition) is 3. The minimum atomic E-state index is -0.690. The second kappa shape index (κ2) is 18.5. The number of imidazole rings is 2. The van der Waals surface area contributed by atoms with Crippen LogP contribution in [-0.2, 0) is 30.3 Å². The maximum atomic E-state index is 13.9. The second-order valence-electron chi connectivity index (χ2n) is 19.4. The summed E-state index contributed by atoms with van der Waals surface area (Å²) in [5.41, 5.74) is 11.6. The lowest BCUT2D eigenvalue weighted by Gasteiger charge is -2.37. The number of carbonyl (C=O) groups is 4. The predicted molar refractivity (Wildman–Crippen MR) is 249 cm³/mol. The van der Waals surface area contributed by atoms with Crippen LogP contribution in [-0.4, -0.2) is 87.0 Å². The van der Waals surface area contributed by atoms with Gasteiger partial charge in [0.25, 0.3) is 0 Å². The van der Waals surface area contributed by atoms with Crippen molar-refractivity contribution in [3.05, 3.63) is 83.6 Å². The van der Waals surface area contributed by atoms with E-state index in [-0.39, 0.29) is 48.1 Å². The molecule has 2 saturated heterocycles. The Morgan fingerprint density at radius 1 is 0.738 bits per heavy atom. The Balaban J connectivity index is 0.956. The maximum Gasteiger partial charge on any atom is 0.407 e. The Kier molecular flexibility index (Phi) is 12.6. The number of rotatable bonds is 12. The van der Waals surface area contributed by atoms with Crippen LogP contribution in [0, 0.1) is 23.7 Å². The average molecular weight is 882 g/mol. The number of hydrogen-bond acceptors (Lipinski definition) is 8. The zero-order valence-corrected chi connectivity index (χ0v) is 38.6. The number of fused-ring (bicyclic) bond motifs is 4. The van der Waals surface area contributed by atoms with Gasteiger partial charge < -0.3 is 34.6 Å². The van der Waals surface area contributed by atoms with Gasteiger partial charge in [-0.25, -0.2) is 14.8 Å². The van der Waals surface area contributed by atoms with Crippen LogP contribution < -0.4 is 5.32 Å². The number of H-pyrrole nitrogens is 2. The molecule has 3 amide bonds. The minimum absolute atomic E-state index is 0.00522. The van der Waals surface area contributed by atoms with Crippen molar-refractivity contribution in [2.45, 2.75) is 116 Å². The average Bonchev–Trinajstić information content (AvgIpc) is 4.05.